The van der Waals surface area contributed by atoms with Gasteiger partial charge in [-0.1, -0.05) is 29.8 Å². The van der Waals surface area contributed by atoms with E-state index < -0.39 is 6.04 Å². The van der Waals surface area contributed by atoms with E-state index in [0.717, 1.165) is 16.9 Å². The lowest BCUT2D eigenvalue weighted by Crippen LogP contribution is -2.14. The van der Waals surface area contributed by atoms with Crippen molar-refractivity contribution in [2.45, 2.75) is 19.9 Å². The Balaban J connectivity index is 2.35. The molecular weight excluding hydrogens is 241 g/mol. The number of nitrogens with two attached hydrogens (primary N) is 1. The monoisotopic (exact) mass is 259 g/mol. The Kier molecular flexibility index (Phi) is 4.17. The minimum Gasteiger partial charge on any atom is -0.494 e. The molecule has 0 aliphatic heterocycles. The lowest BCUT2D eigenvalue weighted by Gasteiger charge is -2.15. The van der Waals surface area contributed by atoms with Crippen LogP contribution in [0.1, 0.15) is 29.7 Å². The Morgan fingerprint density at radius 1 is 1.21 bits per heavy atom. The molecule has 2 nitrogen and oxygen atoms in total. The van der Waals surface area contributed by atoms with E-state index in [-0.39, 0.29) is 5.82 Å². The molecule has 0 bridgehead atoms. The van der Waals surface area contributed by atoms with Crippen molar-refractivity contribution in [2.24, 2.45) is 5.73 Å². The maximum Gasteiger partial charge on any atom is 0.128 e. The summed E-state index contributed by atoms with van der Waals surface area (Å²) in [6, 6.07) is 12.0. The Hall–Kier alpha value is -1.87. The molecule has 19 heavy (non-hydrogen) atoms. The van der Waals surface area contributed by atoms with E-state index in [9.17, 15) is 4.39 Å². The number of rotatable bonds is 4. The SMILES string of the molecule is CCOc1cccc(C(N)c2cc(C)ccc2F)c1. The van der Waals surface area contributed by atoms with Crippen LogP contribution in [0.4, 0.5) is 4.39 Å². The topological polar surface area (TPSA) is 35.2 Å². The summed E-state index contributed by atoms with van der Waals surface area (Å²) in [5.74, 6) is 0.475. The second kappa shape index (κ2) is 5.85. The summed E-state index contributed by atoms with van der Waals surface area (Å²) < 4.78 is 19.3. The summed E-state index contributed by atoms with van der Waals surface area (Å²) in [5, 5.41) is 0. The van der Waals surface area contributed by atoms with Crippen molar-refractivity contribution >= 4 is 0 Å². The molecule has 2 N–H and O–H groups in total. The second-order valence-corrected chi connectivity index (χ2v) is 4.51. The highest BCUT2D eigenvalue weighted by molar-refractivity contribution is 5.38. The summed E-state index contributed by atoms with van der Waals surface area (Å²) in [6.07, 6.45) is 0. The zero-order valence-corrected chi connectivity index (χ0v) is 11.2. The molecule has 0 aliphatic rings. The van der Waals surface area contributed by atoms with Crippen LogP contribution in [0.2, 0.25) is 0 Å². The number of benzene rings is 2. The molecule has 0 heterocycles. The third-order valence-electron chi connectivity index (χ3n) is 3.01. The standard InChI is InChI=1S/C16H18FNO/c1-3-19-13-6-4-5-12(10-13)16(18)14-9-11(2)7-8-15(14)17/h4-10,16H,3,18H2,1-2H3. The molecule has 1 unspecified atom stereocenters. The van der Waals surface area contributed by atoms with Gasteiger partial charge in [-0.2, -0.15) is 0 Å². The Morgan fingerprint density at radius 3 is 2.74 bits per heavy atom. The molecule has 0 aromatic heterocycles. The van der Waals surface area contributed by atoms with Gasteiger partial charge in [0.15, 0.2) is 0 Å². The third kappa shape index (κ3) is 3.12. The average Bonchev–Trinajstić information content (AvgIpc) is 2.41. The van der Waals surface area contributed by atoms with Crippen LogP contribution in [-0.4, -0.2) is 6.61 Å². The molecule has 0 saturated carbocycles. The fraction of sp³-hybridized carbons (Fsp3) is 0.250. The quantitative estimate of drug-likeness (QED) is 0.910. The first kappa shape index (κ1) is 13.6. The molecular formula is C16H18FNO. The minimum absolute atomic E-state index is 0.278. The Morgan fingerprint density at radius 2 is 2.00 bits per heavy atom. The molecule has 3 heteroatoms. The van der Waals surface area contributed by atoms with Crippen molar-refractivity contribution in [1.29, 1.82) is 0 Å². The molecule has 0 amide bonds. The highest BCUT2D eigenvalue weighted by atomic mass is 19.1. The van der Waals surface area contributed by atoms with Gasteiger partial charge in [0.05, 0.1) is 12.6 Å². The number of hydrogen-bond donors (Lipinski definition) is 1. The van der Waals surface area contributed by atoms with Crippen molar-refractivity contribution in [3.8, 4) is 5.75 Å². The van der Waals surface area contributed by atoms with Crippen LogP contribution in [0.5, 0.6) is 5.75 Å². The zero-order chi connectivity index (χ0) is 13.8. The maximum atomic E-state index is 13.8. The average molecular weight is 259 g/mol. The zero-order valence-electron chi connectivity index (χ0n) is 11.2. The second-order valence-electron chi connectivity index (χ2n) is 4.51. The van der Waals surface area contributed by atoms with Crippen molar-refractivity contribution < 1.29 is 9.13 Å². The van der Waals surface area contributed by atoms with Crippen molar-refractivity contribution in [3.05, 3.63) is 65.0 Å². The Labute approximate surface area is 113 Å². The van der Waals surface area contributed by atoms with Gasteiger partial charge in [0.25, 0.3) is 0 Å². The maximum absolute atomic E-state index is 13.8. The number of aryl methyl sites for hydroxylation is 1. The number of ether oxygens (including phenoxy) is 1. The van der Waals surface area contributed by atoms with Gasteiger partial charge in [-0.05, 0) is 37.6 Å². The van der Waals surface area contributed by atoms with Crippen LogP contribution in [0.15, 0.2) is 42.5 Å². The summed E-state index contributed by atoms with van der Waals surface area (Å²) in [4.78, 5) is 0. The van der Waals surface area contributed by atoms with Gasteiger partial charge in [-0.25, -0.2) is 4.39 Å². The van der Waals surface area contributed by atoms with E-state index in [1.165, 1.54) is 6.07 Å². The highest BCUT2D eigenvalue weighted by Crippen LogP contribution is 2.25. The largest absolute Gasteiger partial charge is 0.494 e. The third-order valence-corrected chi connectivity index (χ3v) is 3.01. The van der Waals surface area contributed by atoms with Crippen molar-refractivity contribution in [1.82, 2.24) is 0 Å². The normalized spacial score (nSPS) is 12.2. The first-order valence-electron chi connectivity index (χ1n) is 6.36. The molecule has 0 spiro atoms. The smallest absolute Gasteiger partial charge is 0.128 e. The molecule has 0 radical (unpaired) electrons. The molecule has 1 atom stereocenters. The van der Waals surface area contributed by atoms with E-state index in [4.69, 9.17) is 10.5 Å². The highest BCUT2D eigenvalue weighted by Gasteiger charge is 2.14. The van der Waals surface area contributed by atoms with Crippen LogP contribution < -0.4 is 10.5 Å². The van der Waals surface area contributed by atoms with Gasteiger partial charge < -0.3 is 10.5 Å². The van der Waals surface area contributed by atoms with Crippen molar-refractivity contribution in [3.63, 3.8) is 0 Å². The lowest BCUT2D eigenvalue weighted by atomic mass is 9.97. The van der Waals surface area contributed by atoms with E-state index >= 15 is 0 Å². The van der Waals surface area contributed by atoms with Gasteiger partial charge in [0.1, 0.15) is 11.6 Å². The van der Waals surface area contributed by atoms with Gasteiger partial charge >= 0.3 is 0 Å². The number of halogens is 1. The summed E-state index contributed by atoms with van der Waals surface area (Å²) in [6.45, 7) is 4.44. The van der Waals surface area contributed by atoms with E-state index in [0.29, 0.717) is 12.2 Å². The molecule has 0 saturated heterocycles. The first-order chi connectivity index (χ1) is 9.11. The van der Waals surface area contributed by atoms with Crippen LogP contribution in [0, 0.1) is 12.7 Å². The van der Waals surface area contributed by atoms with Crippen molar-refractivity contribution in [2.75, 3.05) is 6.61 Å². The molecule has 2 aromatic carbocycles. The molecule has 2 rings (SSSR count). The predicted octanol–water partition coefficient (Wildman–Crippen LogP) is 3.58. The van der Waals surface area contributed by atoms with Gasteiger partial charge in [-0.15, -0.1) is 0 Å². The molecule has 2 aromatic rings. The fourth-order valence-electron chi connectivity index (χ4n) is 2.05. The van der Waals surface area contributed by atoms with Gasteiger partial charge in [-0.3, -0.25) is 0 Å². The number of hydrogen-bond acceptors (Lipinski definition) is 2. The summed E-state index contributed by atoms with van der Waals surface area (Å²) >= 11 is 0. The van der Waals surface area contributed by atoms with Gasteiger partial charge in [0, 0.05) is 5.56 Å². The first-order valence-corrected chi connectivity index (χ1v) is 6.36. The molecule has 0 fully saturated rings. The van der Waals surface area contributed by atoms with E-state index in [2.05, 4.69) is 0 Å². The Bertz CT molecular complexity index is 568. The van der Waals surface area contributed by atoms with E-state index in [1.807, 2.05) is 38.1 Å². The molecule has 100 valence electrons. The fourth-order valence-corrected chi connectivity index (χ4v) is 2.05. The minimum atomic E-state index is -0.486. The predicted molar refractivity (Wildman–Crippen MR) is 74.8 cm³/mol. The van der Waals surface area contributed by atoms with Gasteiger partial charge in [0.2, 0.25) is 0 Å². The van der Waals surface area contributed by atoms with Crippen LogP contribution in [-0.2, 0) is 0 Å². The van der Waals surface area contributed by atoms with Crippen LogP contribution in [0.3, 0.4) is 0 Å². The summed E-state index contributed by atoms with van der Waals surface area (Å²) in [7, 11) is 0. The lowest BCUT2D eigenvalue weighted by molar-refractivity contribution is 0.340. The molecule has 0 aliphatic carbocycles. The van der Waals surface area contributed by atoms with Crippen LogP contribution >= 0.6 is 0 Å². The summed E-state index contributed by atoms with van der Waals surface area (Å²) in [5.41, 5.74) is 8.50. The van der Waals surface area contributed by atoms with E-state index in [1.54, 1.807) is 12.1 Å². The van der Waals surface area contributed by atoms with Crippen LogP contribution in [0.25, 0.3) is 0 Å².